The van der Waals surface area contributed by atoms with Gasteiger partial charge in [0, 0.05) is 23.9 Å². The summed E-state index contributed by atoms with van der Waals surface area (Å²) in [6.45, 7) is 5.40. The second-order valence-corrected chi connectivity index (χ2v) is 4.95. The molecule has 21 heavy (non-hydrogen) atoms. The third-order valence-electron chi connectivity index (χ3n) is 3.92. The molecular formula is C16H16N2O3. The molecule has 2 N–H and O–H groups in total. The number of imide groups is 1. The predicted molar refractivity (Wildman–Crippen MR) is 81.0 cm³/mol. The van der Waals surface area contributed by atoms with Crippen LogP contribution in [0.25, 0.3) is 10.8 Å². The van der Waals surface area contributed by atoms with Crippen LogP contribution in [0.1, 0.15) is 34.6 Å². The highest BCUT2D eigenvalue weighted by Gasteiger charge is 2.36. The SMILES string of the molecule is CCN(CC)c1c2c(c(O)c3ccccc13)C(=O)NC2=O. The van der Waals surface area contributed by atoms with Crippen molar-refractivity contribution in [3.63, 3.8) is 0 Å². The van der Waals surface area contributed by atoms with E-state index in [2.05, 4.69) is 5.32 Å². The number of fused-ring (bicyclic) bond motifs is 2. The standard InChI is InChI=1S/C16H16N2O3/c1-3-18(4-2)13-9-7-5-6-8-10(9)14(19)12-11(13)15(20)17-16(12)21/h5-8,19H,3-4H2,1-2H3,(H,17,20,21). The fourth-order valence-corrected chi connectivity index (χ4v) is 2.94. The van der Waals surface area contributed by atoms with Crippen molar-refractivity contribution in [3.8, 4) is 5.75 Å². The second-order valence-electron chi connectivity index (χ2n) is 4.95. The summed E-state index contributed by atoms with van der Waals surface area (Å²) < 4.78 is 0. The Morgan fingerprint density at radius 3 is 2.19 bits per heavy atom. The third kappa shape index (κ3) is 1.77. The van der Waals surface area contributed by atoms with E-state index in [0.717, 1.165) is 5.39 Å². The molecule has 0 saturated heterocycles. The number of rotatable bonds is 3. The summed E-state index contributed by atoms with van der Waals surface area (Å²) >= 11 is 0. The Balaban J connectivity index is 2.50. The smallest absolute Gasteiger partial charge is 0.262 e. The normalized spacial score (nSPS) is 13.4. The van der Waals surface area contributed by atoms with Gasteiger partial charge >= 0.3 is 0 Å². The molecule has 2 aromatic carbocycles. The lowest BCUT2D eigenvalue weighted by Gasteiger charge is -2.25. The lowest BCUT2D eigenvalue weighted by Crippen LogP contribution is -2.25. The van der Waals surface area contributed by atoms with Crippen LogP contribution in [0.3, 0.4) is 0 Å². The van der Waals surface area contributed by atoms with Crippen LogP contribution in [0, 0.1) is 0 Å². The van der Waals surface area contributed by atoms with E-state index in [9.17, 15) is 14.7 Å². The zero-order chi connectivity index (χ0) is 15.1. The summed E-state index contributed by atoms with van der Waals surface area (Å²) in [6, 6.07) is 7.28. The van der Waals surface area contributed by atoms with Crippen molar-refractivity contribution in [1.29, 1.82) is 0 Å². The molecule has 1 aliphatic heterocycles. The Bertz CT molecular complexity index is 764. The van der Waals surface area contributed by atoms with Crippen LogP contribution in [0.4, 0.5) is 5.69 Å². The lowest BCUT2D eigenvalue weighted by atomic mass is 9.97. The fourth-order valence-electron chi connectivity index (χ4n) is 2.94. The first kappa shape index (κ1) is 13.4. The minimum absolute atomic E-state index is 0.0839. The number of hydrogen-bond donors (Lipinski definition) is 2. The maximum absolute atomic E-state index is 12.2. The number of benzene rings is 2. The van der Waals surface area contributed by atoms with Crippen molar-refractivity contribution >= 4 is 28.3 Å². The van der Waals surface area contributed by atoms with Gasteiger partial charge in [0.05, 0.1) is 16.8 Å². The molecule has 0 aromatic heterocycles. The molecule has 0 radical (unpaired) electrons. The van der Waals surface area contributed by atoms with E-state index in [0.29, 0.717) is 24.2 Å². The molecule has 2 amide bonds. The van der Waals surface area contributed by atoms with E-state index in [1.54, 1.807) is 12.1 Å². The van der Waals surface area contributed by atoms with Gasteiger partial charge in [0.1, 0.15) is 5.75 Å². The Hall–Kier alpha value is -2.56. The Morgan fingerprint density at radius 2 is 1.57 bits per heavy atom. The van der Waals surface area contributed by atoms with E-state index >= 15 is 0 Å². The average molecular weight is 284 g/mol. The Morgan fingerprint density at radius 1 is 1.00 bits per heavy atom. The molecule has 0 spiro atoms. The van der Waals surface area contributed by atoms with Crippen molar-refractivity contribution in [2.45, 2.75) is 13.8 Å². The summed E-state index contributed by atoms with van der Waals surface area (Å²) in [5.74, 6) is -1.11. The van der Waals surface area contributed by atoms with Gasteiger partial charge in [0.2, 0.25) is 0 Å². The highest BCUT2D eigenvalue weighted by atomic mass is 16.3. The number of aromatic hydroxyl groups is 1. The van der Waals surface area contributed by atoms with E-state index < -0.39 is 11.8 Å². The van der Waals surface area contributed by atoms with Crippen molar-refractivity contribution in [2.24, 2.45) is 0 Å². The van der Waals surface area contributed by atoms with Crippen molar-refractivity contribution in [3.05, 3.63) is 35.4 Å². The number of anilines is 1. The van der Waals surface area contributed by atoms with E-state index in [4.69, 9.17) is 0 Å². The number of carbonyl (C=O) groups excluding carboxylic acids is 2. The summed E-state index contributed by atoms with van der Waals surface area (Å²) in [7, 11) is 0. The molecule has 108 valence electrons. The van der Waals surface area contributed by atoms with Crippen LogP contribution < -0.4 is 10.2 Å². The van der Waals surface area contributed by atoms with Crippen LogP contribution in [-0.2, 0) is 0 Å². The number of nitrogens with one attached hydrogen (secondary N) is 1. The van der Waals surface area contributed by atoms with Crippen LogP contribution in [0.2, 0.25) is 0 Å². The zero-order valence-electron chi connectivity index (χ0n) is 11.9. The highest BCUT2D eigenvalue weighted by Crippen LogP contribution is 2.42. The first-order valence-corrected chi connectivity index (χ1v) is 6.98. The molecule has 3 rings (SSSR count). The molecule has 1 aliphatic rings. The maximum Gasteiger partial charge on any atom is 0.262 e. The average Bonchev–Trinajstić information content (AvgIpc) is 2.78. The first-order chi connectivity index (χ1) is 10.1. The highest BCUT2D eigenvalue weighted by molar-refractivity contribution is 6.29. The molecule has 5 heteroatoms. The predicted octanol–water partition coefficient (Wildman–Crippen LogP) is 2.28. The molecular weight excluding hydrogens is 268 g/mol. The summed E-state index contributed by atoms with van der Waals surface area (Å²) in [5.41, 5.74) is 1.08. The molecule has 0 bridgehead atoms. The van der Waals surface area contributed by atoms with Crippen molar-refractivity contribution in [2.75, 3.05) is 18.0 Å². The molecule has 5 nitrogen and oxygen atoms in total. The molecule has 2 aromatic rings. The van der Waals surface area contributed by atoms with Gasteiger partial charge in [-0.2, -0.15) is 0 Å². The van der Waals surface area contributed by atoms with Gasteiger partial charge in [-0.3, -0.25) is 14.9 Å². The second kappa shape index (κ2) is 4.77. The number of nitrogens with zero attached hydrogens (tertiary/aromatic N) is 1. The van der Waals surface area contributed by atoms with Gasteiger partial charge in [-0.1, -0.05) is 24.3 Å². The van der Waals surface area contributed by atoms with Gasteiger partial charge in [0.15, 0.2) is 0 Å². The summed E-state index contributed by atoms with van der Waals surface area (Å²) in [6.07, 6.45) is 0. The molecule has 0 atom stereocenters. The maximum atomic E-state index is 12.2. The molecule has 1 heterocycles. The Labute approximate surface area is 122 Å². The van der Waals surface area contributed by atoms with Gasteiger partial charge in [-0.05, 0) is 13.8 Å². The van der Waals surface area contributed by atoms with Gasteiger partial charge in [-0.15, -0.1) is 0 Å². The van der Waals surface area contributed by atoms with E-state index in [-0.39, 0.29) is 16.9 Å². The molecule has 0 fully saturated rings. The monoisotopic (exact) mass is 284 g/mol. The number of amides is 2. The minimum atomic E-state index is -0.536. The first-order valence-electron chi connectivity index (χ1n) is 6.98. The number of carbonyl (C=O) groups is 2. The van der Waals surface area contributed by atoms with Crippen LogP contribution in [-0.4, -0.2) is 30.0 Å². The molecule has 0 aliphatic carbocycles. The van der Waals surface area contributed by atoms with Gasteiger partial charge in [-0.25, -0.2) is 0 Å². The quantitative estimate of drug-likeness (QED) is 0.848. The topological polar surface area (TPSA) is 69.6 Å². The Kier molecular flexibility index (Phi) is 3.05. The third-order valence-corrected chi connectivity index (χ3v) is 3.92. The number of phenols is 1. The van der Waals surface area contributed by atoms with Crippen LogP contribution in [0.5, 0.6) is 5.75 Å². The minimum Gasteiger partial charge on any atom is -0.506 e. The lowest BCUT2D eigenvalue weighted by molar-refractivity contribution is 0.0879. The zero-order valence-corrected chi connectivity index (χ0v) is 11.9. The number of phenolic OH excluding ortho intramolecular Hbond substituents is 1. The molecule has 0 unspecified atom stereocenters. The van der Waals surface area contributed by atoms with Gasteiger partial charge in [0.25, 0.3) is 11.8 Å². The van der Waals surface area contributed by atoms with Gasteiger partial charge < -0.3 is 10.0 Å². The number of hydrogen-bond acceptors (Lipinski definition) is 4. The summed E-state index contributed by atoms with van der Waals surface area (Å²) in [4.78, 5) is 26.2. The van der Waals surface area contributed by atoms with Crippen molar-refractivity contribution < 1.29 is 14.7 Å². The fraction of sp³-hybridized carbons (Fsp3) is 0.250. The van der Waals surface area contributed by atoms with E-state index in [1.807, 2.05) is 30.9 Å². The van der Waals surface area contributed by atoms with Crippen LogP contribution >= 0.6 is 0 Å². The van der Waals surface area contributed by atoms with Crippen LogP contribution in [0.15, 0.2) is 24.3 Å². The summed E-state index contributed by atoms with van der Waals surface area (Å²) in [5, 5.41) is 14.0. The van der Waals surface area contributed by atoms with E-state index in [1.165, 1.54) is 0 Å². The molecule has 0 saturated carbocycles. The van der Waals surface area contributed by atoms with Crippen molar-refractivity contribution in [1.82, 2.24) is 5.32 Å². The largest absolute Gasteiger partial charge is 0.506 e.